The third-order valence-corrected chi connectivity index (χ3v) is 6.75. The highest BCUT2D eigenvalue weighted by molar-refractivity contribution is 5.74. The Labute approximate surface area is 214 Å². The quantitative estimate of drug-likeness (QED) is 0.127. The van der Waals surface area contributed by atoms with Crippen molar-refractivity contribution in [3.05, 3.63) is 65.7 Å². The predicted molar refractivity (Wildman–Crippen MR) is 146 cm³/mol. The maximum absolute atomic E-state index is 12.8. The van der Waals surface area contributed by atoms with Crippen molar-refractivity contribution < 1.29 is 18.8 Å². The number of ether oxygens (including phenoxy) is 2. The number of rotatable bonds is 18. The summed E-state index contributed by atoms with van der Waals surface area (Å²) in [6.07, 6.45) is 12.5. The number of quaternary nitrogens is 1. The van der Waals surface area contributed by atoms with E-state index in [0.717, 1.165) is 25.1 Å². The maximum atomic E-state index is 12.8. The number of hydrogen-bond acceptors (Lipinski definition) is 3. The van der Waals surface area contributed by atoms with Gasteiger partial charge in [-0.25, -0.2) is 4.79 Å². The van der Waals surface area contributed by atoms with Gasteiger partial charge in [0.2, 0.25) is 0 Å². The lowest BCUT2D eigenvalue weighted by molar-refractivity contribution is -0.919. The zero-order chi connectivity index (χ0) is 25.4. The number of nitrogens with zero attached hydrogens (tertiary/aromatic N) is 1. The van der Waals surface area contributed by atoms with E-state index in [2.05, 4.69) is 51.4 Å². The molecule has 0 aliphatic heterocycles. The van der Waals surface area contributed by atoms with Gasteiger partial charge in [-0.05, 0) is 30.5 Å². The summed E-state index contributed by atoms with van der Waals surface area (Å²) in [6, 6.07) is 18.4. The van der Waals surface area contributed by atoms with Crippen LogP contribution in [0.1, 0.15) is 82.8 Å². The Morgan fingerprint density at radius 2 is 1.46 bits per heavy atom. The van der Waals surface area contributed by atoms with Crippen molar-refractivity contribution in [2.75, 3.05) is 27.3 Å². The van der Waals surface area contributed by atoms with Crippen molar-refractivity contribution in [3.8, 4) is 5.75 Å². The summed E-state index contributed by atoms with van der Waals surface area (Å²) in [4.78, 5) is 12.8. The average Bonchev–Trinajstić information content (AvgIpc) is 2.84. The summed E-state index contributed by atoms with van der Waals surface area (Å²) in [7, 11) is 4.19. The third kappa shape index (κ3) is 11.3. The van der Waals surface area contributed by atoms with Gasteiger partial charge < -0.3 is 14.0 Å². The van der Waals surface area contributed by atoms with E-state index in [1.54, 1.807) is 0 Å². The standard InChI is InChI=1S/C31H48NO3/c1-5-7-8-9-10-11-12-14-18-27-21-17-22-29(25-27)34-23-24-35-31(33)30(6-2)32(3,4)26-28-19-15-13-16-20-28/h13,15-17,19-22,25,30H,5-12,14,18,23-24,26H2,1-4H3/q+1. The van der Waals surface area contributed by atoms with Gasteiger partial charge in [0.15, 0.2) is 6.04 Å². The number of carbonyl (C=O) groups is 1. The molecular formula is C31H48NO3+. The molecule has 0 heterocycles. The monoisotopic (exact) mass is 482 g/mol. The van der Waals surface area contributed by atoms with Crippen LogP contribution in [0.15, 0.2) is 54.6 Å². The molecule has 4 nitrogen and oxygen atoms in total. The topological polar surface area (TPSA) is 35.5 Å². The largest absolute Gasteiger partial charge is 0.490 e. The number of benzene rings is 2. The van der Waals surface area contributed by atoms with E-state index in [9.17, 15) is 4.79 Å². The van der Waals surface area contributed by atoms with E-state index in [4.69, 9.17) is 9.47 Å². The van der Waals surface area contributed by atoms with Gasteiger partial charge in [-0.15, -0.1) is 0 Å². The van der Waals surface area contributed by atoms with Crippen LogP contribution in [-0.2, 0) is 22.5 Å². The molecule has 1 atom stereocenters. The maximum Gasteiger partial charge on any atom is 0.365 e. The van der Waals surface area contributed by atoms with Crippen LogP contribution >= 0.6 is 0 Å². The van der Waals surface area contributed by atoms with Crippen LogP contribution in [0.5, 0.6) is 5.75 Å². The highest BCUT2D eigenvalue weighted by Crippen LogP contribution is 2.19. The van der Waals surface area contributed by atoms with Crippen LogP contribution < -0.4 is 4.74 Å². The Morgan fingerprint density at radius 3 is 2.14 bits per heavy atom. The minimum atomic E-state index is -0.204. The van der Waals surface area contributed by atoms with E-state index in [1.165, 1.54) is 62.5 Å². The van der Waals surface area contributed by atoms with Crippen LogP contribution in [0.25, 0.3) is 0 Å². The minimum absolute atomic E-state index is 0.152. The van der Waals surface area contributed by atoms with E-state index >= 15 is 0 Å². The number of unbranched alkanes of at least 4 members (excludes halogenated alkanes) is 7. The summed E-state index contributed by atoms with van der Waals surface area (Å²) >= 11 is 0. The van der Waals surface area contributed by atoms with Crippen LogP contribution in [0.2, 0.25) is 0 Å². The van der Waals surface area contributed by atoms with Gasteiger partial charge in [0.1, 0.15) is 25.5 Å². The molecule has 35 heavy (non-hydrogen) atoms. The van der Waals surface area contributed by atoms with E-state index in [1.807, 2.05) is 31.2 Å². The molecule has 2 aromatic rings. The van der Waals surface area contributed by atoms with Crippen molar-refractivity contribution in [2.24, 2.45) is 0 Å². The van der Waals surface area contributed by atoms with Gasteiger partial charge >= 0.3 is 5.97 Å². The summed E-state index contributed by atoms with van der Waals surface area (Å²) in [6.45, 7) is 5.74. The molecule has 0 saturated heterocycles. The van der Waals surface area contributed by atoms with Gasteiger partial charge in [0.25, 0.3) is 0 Å². The zero-order valence-electron chi connectivity index (χ0n) is 22.6. The first-order chi connectivity index (χ1) is 17.0. The Kier molecular flexibility index (Phi) is 13.5. The van der Waals surface area contributed by atoms with Gasteiger partial charge in [-0.2, -0.15) is 0 Å². The Balaban J connectivity index is 1.69. The molecule has 0 aliphatic rings. The smallest absolute Gasteiger partial charge is 0.365 e. The normalized spacial score (nSPS) is 12.3. The molecule has 1 unspecified atom stereocenters. The fourth-order valence-corrected chi connectivity index (χ4v) is 4.76. The first-order valence-electron chi connectivity index (χ1n) is 13.7. The van der Waals surface area contributed by atoms with Gasteiger partial charge in [-0.1, -0.05) is 101 Å². The number of carbonyl (C=O) groups excluding carboxylic acids is 1. The molecular weight excluding hydrogens is 434 g/mol. The average molecular weight is 483 g/mol. The lowest BCUT2D eigenvalue weighted by Crippen LogP contribution is -2.52. The van der Waals surface area contributed by atoms with Crippen molar-refractivity contribution in [1.82, 2.24) is 0 Å². The van der Waals surface area contributed by atoms with Crippen molar-refractivity contribution in [1.29, 1.82) is 0 Å². The molecule has 0 saturated carbocycles. The fourth-order valence-electron chi connectivity index (χ4n) is 4.76. The highest BCUT2D eigenvalue weighted by Gasteiger charge is 2.34. The van der Waals surface area contributed by atoms with Crippen molar-refractivity contribution in [2.45, 2.75) is 90.6 Å². The molecule has 0 aliphatic carbocycles. The van der Waals surface area contributed by atoms with Crippen LogP contribution in [0, 0.1) is 0 Å². The van der Waals surface area contributed by atoms with Crippen LogP contribution in [0.4, 0.5) is 0 Å². The molecule has 4 heteroatoms. The number of hydrogen-bond donors (Lipinski definition) is 0. The molecule has 0 radical (unpaired) electrons. The third-order valence-electron chi connectivity index (χ3n) is 6.75. The highest BCUT2D eigenvalue weighted by atomic mass is 16.6. The second kappa shape index (κ2) is 16.4. The summed E-state index contributed by atoms with van der Waals surface area (Å²) in [5, 5.41) is 0. The Bertz CT molecular complexity index is 834. The molecule has 0 N–H and O–H groups in total. The first-order valence-corrected chi connectivity index (χ1v) is 13.7. The molecule has 194 valence electrons. The van der Waals surface area contributed by atoms with E-state index < -0.39 is 0 Å². The summed E-state index contributed by atoms with van der Waals surface area (Å²) in [5.74, 6) is 0.700. The molecule has 0 fully saturated rings. The zero-order valence-corrected chi connectivity index (χ0v) is 22.6. The Hall–Kier alpha value is -2.33. The van der Waals surface area contributed by atoms with Crippen molar-refractivity contribution in [3.63, 3.8) is 0 Å². The lowest BCUT2D eigenvalue weighted by atomic mass is 10.0. The number of esters is 1. The van der Waals surface area contributed by atoms with Gasteiger partial charge in [-0.3, -0.25) is 0 Å². The molecule has 0 bridgehead atoms. The molecule has 0 aromatic heterocycles. The molecule has 2 aromatic carbocycles. The van der Waals surface area contributed by atoms with Crippen molar-refractivity contribution >= 4 is 5.97 Å². The fraction of sp³-hybridized carbons (Fsp3) is 0.581. The van der Waals surface area contributed by atoms with Gasteiger partial charge in [0.05, 0.1) is 14.1 Å². The lowest BCUT2D eigenvalue weighted by Gasteiger charge is -2.36. The minimum Gasteiger partial charge on any atom is -0.490 e. The number of aryl methyl sites for hydroxylation is 1. The Morgan fingerprint density at radius 1 is 0.800 bits per heavy atom. The molecule has 0 spiro atoms. The summed E-state index contributed by atoms with van der Waals surface area (Å²) < 4.78 is 12.1. The summed E-state index contributed by atoms with van der Waals surface area (Å²) in [5.41, 5.74) is 2.54. The van der Waals surface area contributed by atoms with Gasteiger partial charge in [0, 0.05) is 12.0 Å². The molecule has 0 amide bonds. The number of likely N-dealkylation sites (N-methyl/N-ethyl adjacent to an activating group) is 1. The second-order valence-electron chi connectivity index (χ2n) is 10.2. The van der Waals surface area contributed by atoms with Crippen LogP contribution in [-0.4, -0.2) is 43.8 Å². The second-order valence-corrected chi connectivity index (χ2v) is 10.2. The molecule has 2 rings (SSSR count). The van der Waals surface area contributed by atoms with E-state index in [0.29, 0.717) is 11.1 Å². The predicted octanol–water partition coefficient (Wildman–Crippen LogP) is 7.35. The van der Waals surface area contributed by atoms with Crippen LogP contribution in [0.3, 0.4) is 0 Å². The SMILES string of the molecule is CCCCCCCCCCc1cccc(OCCOC(=O)C(CC)[N+](C)(C)Cc2ccccc2)c1. The first kappa shape index (κ1) is 28.9. The van der Waals surface area contributed by atoms with E-state index in [-0.39, 0.29) is 18.6 Å².